The number of hydrazine groups is 2. The van der Waals surface area contributed by atoms with Crippen LogP contribution in [0.5, 0.6) is 0 Å². The van der Waals surface area contributed by atoms with Crippen LogP contribution >= 0.6 is 0 Å². The van der Waals surface area contributed by atoms with Crippen molar-refractivity contribution in [1.29, 1.82) is 0 Å². The quantitative estimate of drug-likeness (QED) is 0.352. The highest BCUT2D eigenvalue weighted by Crippen LogP contribution is 2.23. The fraction of sp³-hybridized carbons (Fsp3) is 0.440. The molecule has 2 aromatic rings. The lowest BCUT2D eigenvalue weighted by molar-refractivity contribution is -0.121. The van der Waals surface area contributed by atoms with E-state index in [4.69, 9.17) is 10.5 Å². The third kappa shape index (κ3) is 8.25. The lowest BCUT2D eigenvalue weighted by Crippen LogP contribution is -2.61. The summed E-state index contributed by atoms with van der Waals surface area (Å²) in [7, 11) is 1.26. The van der Waals surface area contributed by atoms with Gasteiger partial charge in [0.25, 0.3) is 0 Å². The van der Waals surface area contributed by atoms with E-state index in [-0.39, 0.29) is 6.54 Å². The molecule has 8 nitrogen and oxygen atoms in total. The molecule has 0 radical (unpaired) electrons. The molecule has 0 bridgehead atoms. The van der Waals surface area contributed by atoms with Crippen LogP contribution in [0, 0.1) is 5.41 Å². The van der Waals surface area contributed by atoms with Crippen LogP contribution in [0.25, 0.3) is 0 Å². The van der Waals surface area contributed by atoms with Crippen molar-refractivity contribution < 1.29 is 19.4 Å². The first-order valence-corrected chi connectivity index (χ1v) is 11.0. The Hall–Kier alpha value is -2.78. The van der Waals surface area contributed by atoms with Gasteiger partial charge in [-0.25, -0.2) is 14.8 Å². The van der Waals surface area contributed by atoms with Crippen LogP contribution in [0.4, 0.5) is 4.79 Å². The summed E-state index contributed by atoms with van der Waals surface area (Å²) in [6.45, 7) is 6.05. The molecule has 4 N–H and O–H groups in total. The molecule has 0 saturated heterocycles. The zero-order valence-corrected chi connectivity index (χ0v) is 19.8. The van der Waals surface area contributed by atoms with Crippen molar-refractivity contribution >= 4 is 12.4 Å². The van der Waals surface area contributed by atoms with Crippen LogP contribution in [0.15, 0.2) is 60.7 Å². The zero-order chi connectivity index (χ0) is 24.4. The second-order valence-electron chi connectivity index (χ2n) is 9.17. The monoisotopic (exact) mass is 456 g/mol. The number of carbonyl (C=O) groups excluding carboxylic acids is 2. The molecule has 0 aliphatic heterocycles. The lowest BCUT2D eigenvalue weighted by Gasteiger charge is -2.39. The van der Waals surface area contributed by atoms with Crippen molar-refractivity contribution in [3.8, 4) is 0 Å². The first-order chi connectivity index (χ1) is 15.7. The summed E-state index contributed by atoms with van der Waals surface area (Å²) in [4.78, 5) is 24.5. The lowest BCUT2D eigenvalue weighted by atomic mass is 9.87. The average Bonchev–Trinajstić information content (AvgIpc) is 2.78. The summed E-state index contributed by atoms with van der Waals surface area (Å²) in [5, 5.41) is 13.7. The first-order valence-electron chi connectivity index (χ1n) is 11.0. The highest BCUT2D eigenvalue weighted by molar-refractivity contribution is 5.73. The van der Waals surface area contributed by atoms with Crippen LogP contribution in [-0.4, -0.2) is 59.3 Å². The zero-order valence-electron chi connectivity index (χ0n) is 19.8. The maximum atomic E-state index is 12.6. The molecule has 0 saturated carbocycles. The van der Waals surface area contributed by atoms with E-state index < -0.39 is 29.7 Å². The number of hydrogen-bond acceptors (Lipinski definition) is 7. The van der Waals surface area contributed by atoms with Crippen molar-refractivity contribution in [1.82, 2.24) is 15.6 Å². The number of ether oxygens (including phenoxy) is 1. The molecule has 2 aromatic carbocycles. The Balaban J connectivity index is 2.24. The minimum absolute atomic E-state index is 0.117. The minimum atomic E-state index is -0.898. The van der Waals surface area contributed by atoms with Gasteiger partial charge >= 0.3 is 6.09 Å². The van der Waals surface area contributed by atoms with E-state index in [0.29, 0.717) is 19.3 Å². The van der Waals surface area contributed by atoms with E-state index in [1.807, 2.05) is 81.4 Å². The van der Waals surface area contributed by atoms with Crippen LogP contribution in [-0.2, 0) is 22.5 Å². The van der Waals surface area contributed by atoms with Crippen molar-refractivity contribution in [2.24, 2.45) is 11.1 Å². The van der Waals surface area contributed by atoms with Crippen molar-refractivity contribution in [3.63, 3.8) is 0 Å². The van der Waals surface area contributed by atoms with Gasteiger partial charge in [0.1, 0.15) is 12.3 Å². The molecule has 33 heavy (non-hydrogen) atoms. The van der Waals surface area contributed by atoms with E-state index in [0.717, 1.165) is 16.1 Å². The van der Waals surface area contributed by atoms with Gasteiger partial charge in [-0.05, 0) is 23.0 Å². The fourth-order valence-corrected chi connectivity index (χ4v) is 3.45. The van der Waals surface area contributed by atoms with Gasteiger partial charge in [-0.3, -0.25) is 0 Å². The molecular formula is C25H36N4O4. The van der Waals surface area contributed by atoms with Crippen molar-refractivity contribution in [3.05, 3.63) is 71.8 Å². The standard InChI is InChI=1S/C25H36N4O4/c1-25(2,3)23(18-30)29(24(32)33-4)27-28(16-20-13-9-6-10-14-20)17-22(31)21(26)15-19-11-7-5-8-12-19/h5-14,18,21-23,27,31H,15-17,26H2,1-4H3/t21-,22-,23+/m0/s1. The predicted octanol–water partition coefficient (Wildman–Crippen LogP) is 2.52. The Kier molecular flexibility index (Phi) is 9.99. The molecule has 0 unspecified atom stereocenters. The Morgan fingerprint density at radius 1 is 1.09 bits per heavy atom. The number of aliphatic hydroxyl groups excluding tert-OH is 1. The predicted molar refractivity (Wildman–Crippen MR) is 128 cm³/mol. The third-order valence-electron chi connectivity index (χ3n) is 5.35. The fourth-order valence-electron chi connectivity index (χ4n) is 3.45. The van der Waals surface area contributed by atoms with Crippen LogP contribution in [0.2, 0.25) is 0 Å². The number of methoxy groups -OCH3 is 1. The molecule has 0 aliphatic carbocycles. The summed E-state index contributed by atoms with van der Waals surface area (Å²) in [6.07, 6.45) is -0.392. The van der Waals surface area contributed by atoms with E-state index in [1.54, 1.807) is 5.01 Å². The second-order valence-corrected chi connectivity index (χ2v) is 9.17. The molecule has 0 aromatic heterocycles. The molecule has 2 rings (SSSR count). The number of hydrogen-bond donors (Lipinski definition) is 3. The minimum Gasteiger partial charge on any atom is -0.452 e. The molecule has 3 atom stereocenters. The first kappa shape index (κ1) is 26.5. The van der Waals surface area contributed by atoms with E-state index in [1.165, 1.54) is 7.11 Å². The maximum absolute atomic E-state index is 12.6. The molecule has 0 spiro atoms. The molecule has 1 amide bonds. The van der Waals surface area contributed by atoms with Gasteiger partial charge < -0.3 is 20.4 Å². The molecule has 0 heterocycles. The topological polar surface area (TPSA) is 108 Å². The van der Waals surface area contributed by atoms with Gasteiger partial charge in [0.05, 0.1) is 13.2 Å². The summed E-state index contributed by atoms with van der Waals surface area (Å²) in [5.74, 6) is 0. The highest BCUT2D eigenvalue weighted by Gasteiger charge is 2.36. The highest BCUT2D eigenvalue weighted by atomic mass is 16.5. The maximum Gasteiger partial charge on any atom is 0.425 e. The van der Waals surface area contributed by atoms with E-state index in [2.05, 4.69) is 5.53 Å². The van der Waals surface area contributed by atoms with Crippen LogP contribution in [0.1, 0.15) is 31.9 Å². The molecule has 8 heteroatoms. The number of rotatable bonds is 11. The van der Waals surface area contributed by atoms with E-state index >= 15 is 0 Å². The van der Waals surface area contributed by atoms with Crippen molar-refractivity contribution in [2.45, 2.75) is 51.9 Å². The smallest absolute Gasteiger partial charge is 0.425 e. The van der Waals surface area contributed by atoms with Gasteiger partial charge in [-0.2, -0.15) is 5.53 Å². The van der Waals surface area contributed by atoms with Crippen LogP contribution < -0.4 is 11.3 Å². The Labute approximate surface area is 196 Å². The van der Waals surface area contributed by atoms with Crippen LogP contribution in [0.3, 0.4) is 0 Å². The number of aliphatic hydroxyl groups is 1. The van der Waals surface area contributed by atoms with Gasteiger partial charge in [0, 0.05) is 19.1 Å². The number of benzene rings is 2. The molecule has 0 fully saturated rings. The Morgan fingerprint density at radius 2 is 1.64 bits per heavy atom. The molecule has 180 valence electrons. The second kappa shape index (κ2) is 12.5. The summed E-state index contributed by atoms with van der Waals surface area (Å²) < 4.78 is 4.92. The van der Waals surface area contributed by atoms with Gasteiger partial charge in [-0.15, -0.1) is 0 Å². The largest absolute Gasteiger partial charge is 0.452 e. The summed E-state index contributed by atoms with van der Waals surface area (Å²) >= 11 is 0. The molecule has 0 aliphatic rings. The van der Waals surface area contributed by atoms with Gasteiger partial charge in [0.2, 0.25) is 0 Å². The SMILES string of the molecule is COC(=O)N(NN(Cc1ccccc1)C[C@H](O)[C@@H](N)Cc1ccccc1)[C@H](C=O)C(C)(C)C. The van der Waals surface area contributed by atoms with E-state index in [9.17, 15) is 14.7 Å². The Morgan fingerprint density at radius 3 is 2.12 bits per heavy atom. The number of carbonyl (C=O) groups is 2. The van der Waals surface area contributed by atoms with Crippen molar-refractivity contribution in [2.75, 3.05) is 13.7 Å². The number of amides is 1. The number of nitrogens with one attached hydrogen (secondary N) is 1. The summed E-state index contributed by atoms with van der Waals surface area (Å²) in [6, 6.07) is 18.0. The number of aldehydes is 1. The number of nitrogens with two attached hydrogens (primary N) is 1. The van der Waals surface area contributed by atoms with Gasteiger partial charge in [0.15, 0.2) is 0 Å². The molecular weight excluding hydrogens is 420 g/mol. The van der Waals surface area contributed by atoms with Gasteiger partial charge in [-0.1, -0.05) is 81.4 Å². The summed E-state index contributed by atoms with van der Waals surface area (Å²) in [5.41, 5.74) is 10.7. The third-order valence-corrected chi connectivity index (χ3v) is 5.35. The Bertz CT molecular complexity index is 858. The normalized spacial score (nSPS) is 14.4. The number of nitrogens with zero attached hydrogens (tertiary/aromatic N) is 2. The average molecular weight is 457 g/mol.